The molecule has 0 spiro atoms. The average molecular weight is 377 g/mol. The number of nitrogens with zero attached hydrogens (tertiary/aromatic N) is 4. The highest BCUT2D eigenvalue weighted by Gasteiger charge is 2.21. The quantitative estimate of drug-likeness (QED) is 0.561. The number of nitrogen functional groups attached to an aromatic ring is 1. The molecule has 146 valence electrons. The van der Waals surface area contributed by atoms with Gasteiger partial charge in [0.2, 0.25) is 0 Å². The van der Waals surface area contributed by atoms with Crippen LogP contribution in [0, 0.1) is 6.92 Å². The van der Waals surface area contributed by atoms with E-state index in [1.54, 1.807) is 0 Å². The Hall–Kier alpha value is -3.22. The minimum atomic E-state index is 0.820. The molecule has 7 nitrogen and oxygen atoms in total. The van der Waals surface area contributed by atoms with Gasteiger partial charge in [0.05, 0.1) is 22.8 Å². The molecule has 2 aliphatic heterocycles. The van der Waals surface area contributed by atoms with Crippen molar-refractivity contribution in [1.29, 1.82) is 0 Å². The van der Waals surface area contributed by atoms with Gasteiger partial charge in [-0.25, -0.2) is 0 Å². The van der Waals surface area contributed by atoms with Crippen LogP contribution in [0.5, 0.6) is 0 Å². The van der Waals surface area contributed by atoms with Crippen molar-refractivity contribution in [2.75, 3.05) is 48.7 Å². The summed E-state index contributed by atoms with van der Waals surface area (Å²) in [5, 5.41) is 8.04. The lowest BCUT2D eigenvalue weighted by Crippen LogP contribution is -2.47. The molecule has 1 fully saturated rings. The highest BCUT2D eigenvalue weighted by molar-refractivity contribution is 6.05. The van der Waals surface area contributed by atoms with Crippen molar-refractivity contribution in [3.63, 3.8) is 0 Å². The number of hydrogen-bond acceptors (Lipinski definition) is 7. The number of anilines is 3. The smallest absolute Gasteiger partial charge is 0.115 e. The monoisotopic (exact) mass is 377 g/mol. The molecular formula is C21H27N7. The number of para-hydroxylation sites is 2. The van der Waals surface area contributed by atoms with E-state index < -0.39 is 0 Å². The molecule has 0 bridgehead atoms. The van der Waals surface area contributed by atoms with Crippen molar-refractivity contribution in [3.05, 3.63) is 60.2 Å². The van der Waals surface area contributed by atoms with E-state index in [1.807, 2.05) is 30.5 Å². The van der Waals surface area contributed by atoms with E-state index in [2.05, 4.69) is 50.2 Å². The van der Waals surface area contributed by atoms with E-state index in [4.69, 9.17) is 5.73 Å². The first-order valence-corrected chi connectivity index (χ1v) is 9.69. The zero-order valence-electron chi connectivity index (χ0n) is 16.3. The Balaban J connectivity index is 1.38. The number of piperazine rings is 1. The maximum atomic E-state index is 6.11. The molecule has 0 amide bonds. The second-order valence-corrected chi connectivity index (χ2v) is 7.18. The van der Waals surface area contributed by atoms with Gasteiger partial charge in [-0.15, -0.1) is 0 Å². The standard InChI is InChI=1S/C21H27N7/c1-15-7-9-24-21-18(8-10-23-20(15)21)26-25-16(2)27-11-13-28(14-12-27)19-6-4-3-5-17(19)22/h3-7,9,23,25H,2,8,10-14,22H2,1H3/b26-18-. The normalized spacial score (nSPS) is 17.8. The zero-order chi connectivity index (χ0) is 19.5. The van der Waals surface area contributed by atoms with Gasteiger partial charge in [0.15, 0.2) is 0 Å². The van der Waals surface area contributed by atoms with Crippen molar-refractivity contribution < 1.29 is 0 Å². The predicted octanol–water partition coefficient (Wildman–Crippen LogP) is 2.37. The van der Waals surface area contributed by atoms with Crippen LogP contribution in [0.1, 0.15) is 17.7 Å². The molecule has 7 heteroatoms. The van der Waals surface area contributed by atoms with Gasteiger partial charge in [0.1, 0.15) is 11.5 Å². The minimum Gasteiger partial charge on any atom is -0.397 e. The molecule has 2 aliphatic rings. The fourth-order valence-corrected chi connectivity index (χ4v) is 3.73. The van der Waals surface area contributed by atoms with E-state index in [1.165, 1.54) is 5.56 Å². The van der Waals surface area contributed by atoms with Crippen LogP contribution in [-0.2, 0) is 0 Å². The van der Waals surface area contributed by atoms with E-state index in [9.17, 15) is 0 Å². The fraction of sp³-hybridized carbons (Fsp3) is 0.333. The first kappa shape index (κ1) is 18.2. The molecule has 0 atom stereocenters. The number of fused-ring (bicyclic) bond motifs is 1. The molecule has 3 heterocycles. The van der Waals surface area contributed by atoms with Crippen LogP contribution in [0.4, 0.5) is 17.1 Å². The Morgan fingerprint density at radius 3 is 2.79 bits per heavy atom. The summed E-state index contributed by atoms with van der Waals surface area (Å²) >= 11 is 0. The number of hydrazone groups is 1. The van der Waals surface area contributed by atoms with E-state index >= 15 is 0 Å². The third-order valence-corrected chi connectivity index (χ3v) is 5.35. The topological polar surface area (TPSA) is 81.8 Å². The zero-order valence-corrected chi connectivity index (χ0v) is 16.3. The fourth-order valence-electron chi connectivity index (χ4n) is 3.73. The Kier molecular flexibility index (Phi) is 5.06. The molecule has 4 rings (SSSR count). The number of aromatic nitrogens is 1. The van der Waals surface area contributed by atoms with Gasteiger partial charge in [0.25, 0.3) is 0 Å². The van der Waals surface area contributed by atoms with Crippen LogP contribution in [0.15, 0.2) is 54.0 Å². The molecule has 1 aromatic heterocycles. The summed E-state index contributed by atoms with van der Waals surface area (Å²) in [7, 11) is 0. The van der Waals surface area contributed by atoms with Gasteiger partial charge in [-0.05, 0) is 30.7 Å². The van der Waals surface area contributed by atoms with Crippen LogP contribution < -0.4 is 21.4 Å². The number of hydrogen-bond donors (Lipinski definition) is 3. The summed E-state index contributed by atoms with van der Waals surface area (Å²) in [6, 6.07) is 10.0. The van der Waals surface area contributed by atoms with Crippen molar-refractivity contribution in [1.82, 2.24) is 15.3 Å². The van der Waals surface area contributed by atoms with E-state index in [-0.39, 0.29) is 0 Å². The van der Waals surface area contributed by atoms with Crippen molar-refractivity contribution >= 4 is 22.8 Å². The third-order valence-electron chi connectivity index (χ3n) is 5.35. The molecule has 0 unspecified atom stereocenters. The Morgan fingerprint density at radius 2 is 2.00 bits per heavy atom. The van der Waals surface area contributed by atoms with Crippen LogP contribution in [0.3, 0.4) is 0 Å². The van der Waals surface area contributed by atoms with Crippen LogP contribution >= 0.6 is 0 Å². The van der Waals surface area contributed by atoms with Gasteiger partial charge in [-0.2, -0.15) is 5.10 Å². The number of nitrogens with two attached hydrogens (primary N) is 1. The molecule has 0 saturated carbocycles. The third kappa shape index (κ3) is 3.60. The summed E-state index contributed by atoms with van der Waals surface area (Å²) in [6.07, 6.45) is 2.67. The number of aryl methyl sites for hydroxylation is 1. The Morgan fingerprint density at radius 1 is 1.21 bits per heavy atom. The van der Waals surface area contributed by atoms with Crippen molar-refractivity contribution in [2.45, 2.75) is 13.3 Å². The lowest BCUT2D eigenvalue weighted by molar-refractivity contribution is 0.303. The molecule has 2 aromatic rings. The van der Waals surface area contributed by atoms with Gasteiger partial charge >= 0.3 is 0 Å². The SMILES string of the molecule is C=C(N/N=C1/CCNc2c(C)ccnc21)N1CCN(c2ccccc2N)CC1. The molecule has 0 radical (unpaired) electrons. The minimum absolute atomic E-state index is 0.820. The van der Waals surface area contributed by atoms with E-state index in [0.29, 0.717) is 0 Å². The predicted molar refractivity (Wildman–Crippen MR) is 116 cm³/mol. The first-order chi connectivity index (χ1) is 13.6. The van der Waals surface area contributed by atoms with Gasteiger partial charge < -0.3 is 20.9 Å². The number of nitrogens with one attached hydrogen (secondary N) is 2. The molecule has 0 aliphatic carbocycles. The number of rotatable bonds is 4. The molecule has 4 N–H and O–H groups in total. The van der Waals surface area contributed by atoms with Crippen LogP contribution in [0.2, 0.25) is 0 Å². The largest absolute Gasteiger partial charge is 0.397 e. The summed E-state index contributed by atoms with van der Waals surface area (Å²) in [5.41, 5.74) is 15.4. The number of benzene rings is 1. The highest BCUT2D eigenvalue weighted by atomic mass is 15.4. The lowest BCUT2D eigenvalue weighted by Gasteiger charge is -2.38. The van der Waals surface area contributed by atoms with Crippen molar-refractivity contribution in [2.24, 2.45) is 5.10 Å². The van der Waals surface area contributed by atoms with Gasteiger partial charge in [-0.1, -0.05) is 18.7 Å². The maximum Gasteiger partial charge on any atom is 0.115 e. The van der Waals surface area contributed by atoms with Gasteiger partial charge in [-0.3, -0.25) is 10.4 Å². The van der Waals surface area contributed by atoms with Crippen molar-refractivity contribution in [3.8, 4) is 0 Å². The maximum absolute atomic E-state index is 6.11. The summed E-state index contributed by atoms with van der Waals surface area (Å²) < 4.78 is 0. The Bertz CT molecular complexity index is 897. The summed E-state index contributed by atoms with van der Waals surface area (Å²) in [5.74, 6) is 0.820. The second-order valence-electron chi connectivity index (χ2n) is 7.18. The van der Waals surface area contributed by atoms with Crippen LogP contribution in [0.25, 0.3) is 0 Å². The first-order valence-electron chi connectivity index (χ1n) is 9.69. The molecular weight excluding hydrogens is 350 g/mol. The number of pyridine rings is 1. The molecule has 1 saturated heterocycles. The lowest BCUT2D eigenvalue weighted by atomic mass is 10.0. The van der Waals surface area contributed by atoms with Crippen LogP contribution in [-0.4, -0.2) is 48.3 Å². The van der Waals surface area contributed by atoms with E-state index in [0.717, 1.165) is 73.4 Å². The average Bonchev–Trinajstić information content (AvgIpc) is 2.73. The highest BCUT2D eigenvalue weighted by Crippen LogP contribution is 2.25. The summed E-state index contributed by atoms with van der Waals surface area (Å²) in [4.78, 5) is 9.06. The Labute approximate surface area is 165 Å². The second kappa shape index (κ2) is 7.80. The summed E-state index contributed by atoms with van der Waals surface area (Å²) in [6.45, 7) is 10.7. The molecule has 28 heavy (non-hydrogen) atoms. The molecule has 1 aromatic carbocycles. The van der Waals surface area contributed by atoms with Gasteiger partial charge in [0, 0.05) is 45.3 Å².